The number of ketones is 1. The van der Waals surface area contributed by atoms with Gasteiger partial charge in [0.05, 0.1) is 0 Å². The van der Waals surface area contributed by atoms with Crippen LogP contribution in [0.4, 0.5) is 0 Å². The lowest BCUT2D eigenvalue weighted by molar-refractivity contribution is -0.129. The number of carbonyl (C=O) groups excluding carboxylic acids is 2. The maximum atomic E-state index is 12.8. The Labute approximate surface area is 141 Å². The number of benzene rings is 2. The summed E-state index contributed by atoms with van der Waals surface area (Å²) in [6.07, 6.45) is 3.74. The first-order valence-corrected chi connectivity index (χ1v) is 7.95. The smallest absolute Gasteiger partial charge is 0.220 e. The minimum Gasteiger partial charge on any atom is -0.334 e. The fraction of sp³-hybridized carbons (Fsp3) is 0.143. The van der Waals surface area contributed by atoms with E-state index < -0.39 is 0 Å². The quantitative estimate of drug-likeness (QED) is 0.794. The summed E-state index contributed by atoms with van der Waals surface area (Å²) in [6.45, 7) is 2.25. The Hall–Kier alpha value is -2.94. The Kier molecular flexibility index (Phi) is 4.71. The van der Waals surface area contributed by atoms with Crippen LogP contribution in [-0.4, -0.2) is 29.7 Å². The van der Waals surface area contributed by atoms with Crippen molar-refractivity contribution in [2.75, 3.05) is 13.1 Å². The third-order valence-corrected chi connectivity index (χ3v) is 4.03. The molecule has 0 unspecified atom stereocenters. The van der Waals surface area contributed by atoms with Gasteiger partial charge in [-0.2, -0.15) is 0 Å². The molecule has 1 saturated heterocycles. The first-order chi connectivity index (χ1) is 11.6. The Balaban J connectivity index is 1.98. The summed E-state index contributed by atoms with van der Waals surface area (Å²) in [5, 5.41) is 0. The predicted octanol–water partition coefficient (Wildman–Crippen LogP) is 3.58. The minimum absolute atomic E-state index is 0.0141. The number of amides is 1. The number of hydrogen-bond donors (Lipinski definition) is 0. The second-order valence-electron chi connectivity index (χ2n) is 5.86. The molecular formula is C21H19NO2. The van der Waals surface area contributed by atoms with Crippen LogP contribution in [0.2, 0.25) is 0 Å². The molecular weight excluding hydrogens is 298 g/mol. The van der Waals surface area contributed by atoms with Gasteiger partial charge in [0.15, 0.2) is 5.78 Å². The molecule has 0 radical (unpaired) electrons. The largest absolute Gasteiger partial charge is 0.334 e. The van der Waals surface area contributed by atoms with E-state index in [4.69, 9.17) is 0 Å². The second-order valence-corrected chi connectivity index (χ2v) is 5.86. The summed E-state index contributed by atoms with van der Waals surface area (Å²) >= 11 is 0. The SMILES string of the molecule is CC(=O)N1C/C(=C/c2ccccc2)C(=O)/C(=C\c2ccccc2)C1. The van der Waals surface area contributed by atoms with Crippen molar-refractivity contribution in [3.05, 3.63) is 82.9 Å². The van der Waals surface area contributed by atoms with Gasteiger partial charge in [0.2, 0.25) is 5.91 Å². The lowest BCUT2D eigenvalue weighted by Crippen LogP contribution is -2.40. The zero-order chi connectivity index (χ0) is 16.9. The van der Waals surface area contributed by atoms with Gasteiger partial charge < -0.3 is 4.90 Å². The molecule has 3 heteroatoms. The van der Waals surface area contributed by atoms with Crippen LogP contribution in [0.3, 0.4) is 0 Å². The van der Waals surface area contributed by atoms with Gasteiger partial charge in [0.25, 0.3) is 0 Å². The highest BCUT2D eigenvalue weighted by Gasteiger charge is 2.27. The summed E-state index contributed by atoms with van der Waals surface area (Å²) in [5.74, 6) is -0.0133. The second kappa shape index (κ2) is 7.09. The van der Waals surface area contributed by atoms with Crippen LogP contribution in [0.1, 0.15) is 18.1 Å². The van der Waals surface area contributed by atoms with E-state index >= 15 is 0 Å². The maximum absolute atomic E-state index is 12.8. The highest BCUT2D eigenvalue weighted by molar-refractivity contribution is 6.15. The molecule has 1 amide bonds. The monoisotopic (exact) mass is 317 g/mol. The number of hydrogen-bond acceptors (Lipinski definition) is 2. The summed E-state index contributed by atoms with van der Waals surface area (Å²) in [7, 11) is 0. The van der Waals surface area contributed by atoms with Crippen LogP contribution in [0.5, 0.6) is 0 Å². The molecule has 1 heterocycles. The van der Waals surface area contributed by atoms with Crippen molar-refractivity contribution in [1.82, 2.24) is 4.90 Å². The Bertz CT molecular complexity index is 743. The molecule has 2 aromatic rings. The Morgan fingerprint density at radius 3 is 1.62 bits per heavy atom. The molecule has 3 nitrogen and oxygen atoms in total. The fourth-order valence-corrected chi connectivity index (χ4v) is 2.76. The molecule has 1 aliphatic heterocycles. The van der Waals surface area contributed by atoms with Gasteiger partial charge in [-0.05, 0) is 23.3 Å². The normalized spacial score (nSPS) is 18.2. The van der Waals surface area contributed by atoms with E-state index in [2.05, 4.69) is 0 Å². The third-order valence-electron chi connectivity index (χ3n) is 4.03. The van der Waals surface area contributed by atoms with Crippen molar-refractivity contribution in [2.45, 2.75) is 6.92 Å². The lowest BCUT2D eigenvalue weighted by Gasteiger charge is -2.29. The standard InChI is InChI=1S/C21H19NO2/c1-16(23)22-14-19(12-17-8-4-2-5-9-17)21(24)20(15-22)13-18-10-6-3-7-11-18/h2-13H,14-15H2,1H3/b19-12-,20-13-. The van der Waals surface area contributed by atoms with Gasteiger partial charge in [0, 0.05) is 31.2 Å². The average Bonchev–Trinajstić information content (AvgIpc) is 2.60. The van der Waals surface area contributed by atoms with Crippen molar-refractivity contribution in [2.24, 2.45) is 0 Å². The molecule has 0 atom stereocenters. The molecule has 3 rings (SSSR count). The van der Waals surface area contributed by atoms with Crippen molar-refractivity contribution < 1.29 is 9.59 Å². The average molecular weight is 317 g/mol. The molecule has 0 N–H and O–H groups in total. The molecule has 120 valence electrons. The summed E-state index contributed by atoms with van der Waals surface area (Å²) in [4.78, 5) is 26.4. The number of piperidine rings is 1. The number of nitrogens with zero attached hydrogens (tertiary/aromatic N) is 1. The van der Waals surface area contributed by atoms with Crippen LogP contribution in [0, 0.1) is 0 Å². The van der Waals surface area contributed by atoms with Crippen molar-refractivity contribution in [3.63, 3.8) is 0 Å². The zero-order valence-corrected chi connectivity index (χ0v) is 13.6. The summed E-state index contributed by atoms with van der Waals surface area (Å²) < 4.78 is 0. The topological polar surface area (TPSA) is 37.4 Å². The number of Topliss-reactive ketones (excluding diaryl/α,β-unsaturated/α-hetero) is 1. The van der Waals surface area contributed by atoms with E-state index in [1.807, 2.05) is 72.8 Å². The maximum Gasteiger partial charge on any atom is 0.220 e. The molecule has 0 spiro atoms. The molecule has 0 aliphatic carbocycles. The molecule has 24 heavy (non-hydrogen) atoms. The molecule has 1 fully saturated rings. The Morgan fingerprint density at radius 1 is 0.833 bits per heavy atom. The van der Waals surface area contributed by atoms with Crippen molar-refractivity contribution >= 4 is 23.8 Å². The molecule has 0 saturated carbocycles. The zero-order valence-electron chi connectivity index (χ0n) is 13.6. The first-order valence-electron chi connectivity index (χ1n) is 7.95. The fourth-order valence-electron chi connectivity index (χ4n) is 2.76. The van der Waals surface area contributed by atoms with Crippen LogP contribution in [-0.2, 0) is 9.59 Å². The van der Waals surface area contributed by atoms with E-state index in [0.717, 1.165) is 11.1 Å². The molecule has 2 aromatic carbocycles. The van der Waals surface area contributed by atoms with E-state index in [0.29, 0.717) is 24.2 Å². The van der Waals surface area contributed by atoms with Gasteiger partial charge in [0.1, 0.15) is 0 Å². The van der Waals surface area contributed by atoms with E-state index in [-0.39, 0.29) is 11.7 Å². The summed E-state index contributed by atoms with van der Waals surface area (Å²) in [5.41, 5.74) is 3.21. The highest BCUT2D eigenvalue weighted by atomic mass is 16.2. The van der Waals surface area contributed by atoms with Gasteiger partial charge >= 0.3 is 0 Å². The minimum atomic E-state index is -0.0274. The van der Waals surface area contributed by atoms with Gasteiger partial charge in [-0.15, -0.1) is 0 Å². The highest BCUT2D eigenvalue weighted by Crippen LogP contribution is 2.22. The van der Waals surface area contributed by atoms with E-state index in [9.17, 15) is 9.59 Å². The van der Waals surface area contributed by atoms with E-state index in [1.165, 1.54) is 6.92 Å². The number of rotatable bonds is 2. The number of likely N-dealkylation sites (tertiary alicyclic amines) is 1. The van der Waals surface area contributed by atoms with Crippen LogP contribution < -0.4 is 0 Å². The Morgan fingerprint density at radius 2 is 1.25 bits per heavy atom. The van der Waals surface area contributed by atoms with Crippen LogP contribution in [0.25, 0.3) is 12.2 Å². The molecule has 1 aliphatic rings. The van der Waals surface area contributed by atoms with Crippen LogP contribution >= 0.6 is 0 Å². The van der Waals surface area contributed by atoms with E-state index in [1.54, 1.807) is 4.90 Å². The lowest BCUT2D eigenvalue weighted by atomic mass is 9.94. The first kappa shape index (κ1) is 15.9. The predicted molar refractivity (Wildman–Crippen MR) is 96.1 cm³/mol. The van der Waals surface area contributed by atoms with Crippen molar-refractivity contribution in [1.29, 1.82) is 0 Å². The van der Waals surface area contributed by atoms with Gasteiger partial charge in [-0.25, -0.2) is 0 Å². The van der Waals surface area contributed by atoms with Gasteiger partial charge in [-0.1, -0.05) is 60.7 Å². The van der Waals surface area contributed by atoms with Crippen molar-refractivity contribution in [3.8, 4) is 0 Å². The molecule has 0 bridgehead atoms. The number of carbonyl (C=O) groups is 2. The third kappa shape index (κ3) is 3.69. The van der Waals surface area contributed by atoms with Gasteiger partial charge in [-0.3, -0.25) is 9.59 Å². The summed E-state index contributed by atoms with van der Waals surface area (Å²) in [6, 6.07) is 19.4. The molecule has 0 aromatic heterocycles. The van der Waals surface area contributed by atoms with Crippen LogP contribution in [0.15, 0.2) is 71.8 Å².